The van der Waals surface area contributed by atoms with Gasteiger partial charge in [0.1, 0.15) is 23.9 Å². The molecule has 4 aromatic rings. The number of hydrazine groups is 1. The number of benzene rings is 2. The van der Waals surface area contributed by atoms with E-state index in [-0.39, 0.29) is 55.2 Å². The topological polar surface area (TPSA) is 180 Å². The third kappa shape index (κ3) is 7.61. The van der Waals surface area contributed by atoms with E-state index in [1.807, 2.05) is 32.0 Å². The highest BCUT2D eigenvalue weighted by Crippen LogP contribution is 2.57. The number of hydrogen-bond donors (Lipinski definition) is 4. The number of phenols is 1. The smallest absolute Gasteiger partial charge is 0.326 e. The molecule has 64 heavy (non-hydrogen) atoms. The van der Waals surface area contributed by atoms with E-state index in [9.17, 15) is 24.4 Å². The summed E-state index contributed by atoms with van der Waals surface area (Å²) < 4.78 is 14.6. The molecule has 4 N–H and O–H groups in total. The van der Waals surface area contributed by atoms with Gasteiger partial charge in [0, 0.05) is 93.3 Å². The Kier molecular flexibility index (Phi) is 11.8. The van der Waals surface area contributed by atoms with Crippen LogP contribution in [0.4, 0.5) is 0 Å². The van der Waals surface area contributed by atoms with Crippen LogP contribution in [-0.4, -0.2) is 118 Å². The quantitative estimate of drug-likeness (QED) is 0.197. The summed E-state index contributed by atoms with van der Waals surface area (Å²) in [5.74, 6) is -2.18. The second-order valence-electron chi connectivity index (χ2n) is 19.2. The first-order chi connectivity index (χ1) is 30.7. The van der Waals surface area contributed by atoms with Gasteiger partial charge < -0.3 is 34.7 Å². The van der Waals surface area contributed by atoms with E-state index < -0.39 is 47.5 Å². The number of amides is 3. The van der Waals surface area contributed by atoms with Crippen molar-refractivity contribution in [2.75, 3.05) is 40.5 Å². The summed E-state index contributed by atoms with van der Waals surface area (Å²) in [5, 5.41) is 20.2. The zero-order chi connectivity index (χ0) is 45.2. The lowest BCUT2D eigenvalue weighted by atomic mass is 9.67. The number of fused-ring (bicyclic) bond motifs is 9. The summed E-state index contributed by atoms with van der Waals surface area (Å²) in [5.41, 5.74) is 9.53. The van der Waals surface area contributed by atoms with E-state index in [2.05, 4.69) is 59.6 Å². The van der Waals surface area contributed by atoms with E-state index >= 15 is 0 Å². The molecular formula is C48H61N8O8+. The van der Waals surface area contributed by atoms with Crippen LogP contribution in [0.1, 0.15) is 82.7 Å². The summed E-state index contributed by atoms with van der Waals surface area (Å²) >= 11 is 0. The van der Waals surface area contributed by atoms with E-state index in [1.54, 1.807) is 32.5 Å². The number of carbonyl (C=O) groups is 3. The van der Waals surface area contributed by atoms with Gasteiger partial charge in [-0.25, -0.2) is 4.84 Å². The number of aryl methyl sites for hydroxylation is 1. The Bertz CT molecular complexity index is 2490. The molecular weight excluding hydrogens is 817 g/mol. The highest BCUT2D eigenvalue weighted by Gasteiger charge is 2.50. The normalized spacial score (nSPS) is 26.8. The van der Waals surface area contributed by atoms with Crippen LogP contribution in [0.5, 0.6) is 5.75 Å². The van der Waals surface area contributed by atoms with Crippen molar-refractivity contribution < 1.29 is 38.7 Å². The SMILES string of the molecule is CCn1c2c3c4cc(ccc41)-c1cc(O)cc(c1)C[C@H](NC(=O)[C@H](C(C)C)N(C)C(=O)[C@@H]1CN[C@H]4CCO[C@H]41)C(=O)N1CCC[C@H](N1)[N+](=O)OCC(C)(C)C3[C@H](OC)c1ncccc1-2. The number of phenolic OH excluding ortho intramolecular Hbond substituents is 1. The van der Waals surface area contributed by atoms with E-state index in [4.69, 9.17) is 19.3 Å². The fourth-order valence-electron chi connectivity index (χ4n) is 11.2. The molecule has 0 saturated carbocycles. The van der Waals surface area contributed by atoms with Crippen LogP contribution in [0, 0.1) is 22.2 Å². The average Bonchev–Trinajstić information content (AvgIpc) is 4.00. The number of methoxy groups -OCH3 is 1. The Morgan fingerprint density at radius 1 is 1.14 bits per heavy atom. The van der Waals surface area contributed by atoms with Crippen LogP contribution in [0.3, 0.4) is 0 Å². The minimum absolute atomic E-state index is 0.00412. The largest absolute Gasteiger partial charge is 0.508 e. The van der Waals surface area contributed by atoms with Crippen molar-refractivity contribution in [1.82, 2.24) is 35.5 Å². The van der Waals surface area contributed by atoms with Crippen molar-refractivity contribution in [2.45, 2.75) is 109 Å². The second-order valence-corrected chi connectivity index (χ2v) is 19.2. The molecule has 340 valence electrons. The molecule has 2 aromatic heterocycles. The molecule has 8 atom stereocenters. The maximum Gasteiger partial charge on any atom is 0.326 e. The van der Waals surface area contributed by atoms with Gasteiger partial charge in [0.05, 0.1) is 28.3 Å². The zero-order valence-electron chi connectivity index (χ0n) is 37.8. The maximum absolute atomic E-state index is 14.8. The Morgan fingerprint density at radius 3 is 2.72 bits per heavy atom. The van der Waals surface area contributed by atoms with E-state index in [1.165, 1.54) is 9.91 Å². The number of carbonyl (C=O) groups excluding carboxylic acids is 3. The molecule has 2 aromatic carbocycles. The monoisotopic (exact) mass is 877 g/mol. The lowest BCUT2D eigenvalue weighted by molar-refractivity contribution is -0.835. The molecule has 3 amide bonds. The Balaban J connectivity index is 1.13. The summed E-state index contributed by atoms with van der Waals surface area (Å²) in [7, 11) is 3.33. The zero-order valence-corrected chi connectivity index (χ0v) is 37.8. The van der Waals surface area contributed by atoms with E-state index in [0.717, 1.165) is 51.0 Å². The third-order valence-corrected chi connectivity index (χ3v) is 14.2. The average molecular weight is 878 g/mol. The van der Waals surface area contributed by atoms with Crippen LogP contribution in [0.15, 0.2) is 54.7 Å². The van der Waals surface area contributed by atoms with Gasteiger partial charge in [0.25, 0.3) is 5.91 Å². The standard InChI is InChI=1S/C48H60N8O8/c1-8-54-36-14-13-28-23-32(36)38-39(44(62-7)40-31(42(38)54)11-9-16-49-40)48(4,5)25-64-56(61)37-12-10-17-55(52-37)47(60)35(21-27-19-29(28)22-30(57)20-27)51-45(58)41(26(2)3)53(6)46(59)33-24-50-34-15-18-63-43(33)34/h9,11,13-14,16,19-20,22-23,26,33-35,37,39,41,43-44,50,52H,8,10,12,15,17-18,21,24-25H2,1-7H3,(H-,51,57,58)/p+1/t33-,34+,35+,37-,39?,41+,43+,44+/m1/s1. The summed E-state index contributed by atoms with van der Waals surface area (Å²) in [6.45, 7) is 12.0. The van der Waals surface area contributed by atoms with Gasteiger partial charge in [-0.3, -0.25) is 24.4 Å². The van der Waals surface area contributed by atoms with Gasteiger partial charge >= 0.3 is 6.17 Å². The number of nitrogens with zero attached hydrogens (tertiary/aromatic N) is 5. The predicted molar refractivity (Wildman–Crippen MR) is 238 cm³/mol. The first-order valence-electron chi connectivity index (χ1n) is 22.8. The molecule has 6 bridgehead atoms. The van der Waals surface area contributed by atoms with Gasteiger partial charge in [0.2, 0.25) is 16.7 Å². The van der Waals surface area contributed by atoms with Crippen molar-refractivity contribution in [3.8, 4) is 28.1 Å². The number of aromatic nitrogens is 2. The Hall–Kier alpha value is -5.42. The van der Waals surface area contributed by atoms with Gasteiger partial charge in [-0.15, -0.1) is 0 Å². The molecule has 1 aliphatic carbocycles. The van der Waals surface area contributed by atoms with Crippen molar-refractivity contribution >= 4 is 28.6 Å². The predicted octanol–water partition coefficient (Wildman–Crippen LogP) is 4.97. The second kappa shape index (κ2) is 17.2. The number of aromatic hydroxyl groups is 1. The highest BCUT2D eigenvalue weighted by atomic mass is 16.8. The number of ether oxygens (including phenoxy) is 2. The van der Waals surface area contributed by atoms with Gasteiger partial charge in [0.15, 0.2) is 6.61 Å². The number of rotatable bonds is 7. The van der Waals surface area contributed by atoms with Crippen LogP contribution in [0.25, 0.3) is 33.3 Å². The molecule has 0 radical (unpaired) electrons. The van der Waals surface area contributed by atoms with Crippen LogP contribution in [0.2, 0.25) is 0 Å². The number of nitrogens with one attached hydrogen (secondary N) is 3. The first kappa shape index (κ1) is 43.8. The maximum atomic E-state index is 14.8. The Morgan fingerprint density at radius 2 is 1.95 bits per heavy atom. The van der Waals surface area contributed by atoms with Crippen molar-refractivity contribution in [1.29, 1.82) is 0 Å². The molecule has 5 aliphatic rings. The minimum atomic E-state index is -1.14. The minimum Gasteiger partial charge on any atom is -0.508 e. The van der Waals surface area contributed by atoms with Crippen LogP contribution >= 0.6 is 0 Å². The fourth-order valence-corrected chi connectivity index (χ4v) is 11.2. The third-order valence-electron chi connectivity index (χ3n) is 14.2. The lowest BCUT2D eigenvalue weighted by Crippen LogP contribution is -2.62. The van der Waals surface area contributed by atoms with Gasteiger partial charge in [-0.1, -0.05) is 39.8 Å². The van der Waals surface area contributed by atoms with Gasteiger partial charge in [-0.2, -0.15) is 5.43 Å². The molecule has 0 spiro atoms. The molecule has 6 heterocycles. The molecule has 1 unspecified atom stereocenters. The molecule has 3 saturated heterocycles. The summed E-state index contributed by atoms with van der Waals surface area (Å²) in [4.78, 5) is 70.4. The van der Waals surface area contributed by atoms with Crippen LogP contribution < -0.4 is 16.1 Å². The van der Waals surface area contributed by atoms with E-state index in [0.29, 0.717) is 43.0 Å². The highest BCUT2D eigenvalue weighted by molar-refractivity contribution is 5.97. The molecule has 16 heteroatoms. The fraction of sp³-hybridized carbons (Fsp3) is 0.542. The molecule has 3 fully saturated rings. The lowest BCUT2D eigenvalue weighted by Gasteiger charge is -2.41. The molecule has 4 aliphatic heterocycles. The Labute approximate surface area is 373 Å². The molecule has 16 nitrogen and oxygen atoms in total. The summed E-state index contributed by atoms with van der Waals surface area (Å²) in [6.07, 6.45) is 1.91. The van der Waals surface area contributed by atoms with Crippen molar-refractivity contribution in [3.63, 3.8) is 0 Å². The van der Waals surface area contributed by atoms with Crippen LogP contribution in [-0.2, 0) is 41.7 Å². The van der Waals surface area contributed by atoms with Crippen molar-refractivity contribution in [2.24, 2.45) is 17.3 Å². The number of pyridine rings is 1. The number of likely N-dealkylation sites (N-methyl/N-ethyl adjacent to an activating group) is 1. The first-order valence-corrected chi connectivity index (χ1v) is 22.8. The molecule has 9 rings (SSSR count). The van der Waals surface area contributed by atoms with Crippen molar-refractivity contribution in [3.05, 3.63) is 76.5 Å². The summed E-state index contributed by atoms with van der Waals surface area (Å²) in [6, 6.07) is 13.6. The van der Waals surface area contributed by atoms with Gasteiger partial charge in [-0.05, 0) is 84.3 Å². The number of hydrogen-bond acceptors (Lipinski definition) is 11.